The molecular formula is C15H22FN3. The van der Waals surface area contributed by atoms with E-state index in [1.807, 2.05) is 4.57 Å². The first kappa shape index (κ1) is 14.0. The van der Waals surface area contributed by atoms with E-state index in [2.05, 4.69) is 32.7 Å². The molecule has 0 aliphatic rings. The Kier molecular flexibility index (Phi) is 3.90. The van der Waals surface area contributed by atoms with Gasteiger partial charge in [-0.3, -0.25) is 0 Å². The van der Waals surface area contributed by atoms with Crippen LogP contribution < -0.4 is 5.73 Å². The Morgan fingerprint density at radius 3 is 2.53 bits per heavy atom. The summed E-state index contributed by atoms with van der Waals surface area (Å²) in [5.74, 6) is 1.12. The predicted molar refractivity (Wildman–Crippen MR) is 76.5 cm³/mol. The number of rotatable bonds is 4. The normalized spacial score (nSPS) is 13.7. The first-order valence-electron chi connectivity index (χ1n) is 6.83. The lowest BCUT2D eigenvalue weighted by molar-refractivity contribution is 0.463. The Labute approximate surface area is 113 Å². The number of hydrogen-bond acceptors (Lipinski definition) is 2. The van der Waals surface area contributed by atoms with Crippen molar-refractivity contribution in [1.82, 2.24) is 9.55 Å². The standard InChI is InChI=1S/C15H22FN3/c1-9(2)7-12(17)15-18-13-6-5-11(16)8-14(13)19(15)10(3)4/h5-6,8-10,12H,7,17H2,1-4H3. The molecule has 1 atom stereocenters. The van der Waals surface area contributed by atoms with E-state index in [0.29, 0.717) is 5.92 Å². The van der Waals surface area contributed by atoms with Gasteiger partial charge in [0.1, 0.15) is 11.6 Å². The second-order valence-corrected chi connectivity index (χ2v) is 5.80. The highest BCUT2D eigenvalue weighted by molar-refractivity contribution is 5.76. The monoisotopic (exact) mass is 263 g/mol. The number of benzene rings is 1. The Morgan fingerprint density at radius 2 is 1.95 bits per heavy atom. The average Bonchev–Trinajstić information content (AvgIpc) is 2.66. The Balaban J connectivity index is 2.56. The summed E-state index contributed by atoms with van der Waals surface area (Å²) in [5.41, 5.74) is 7.89. The summed E-state index contributed by atoms with van der Waals surface area (Å²) in [6, 6.07) is 4.79. The maximum atomic E-state index is 13.4. The summed E-state index contributed by atoms with van der Waals surface area (Å²) in [6.45, 7) is 8.42. The van der Waals surface area contributed by atoms with Crippen LogP contribution in [0.1, 0.15) is 52.0 Å². The maximum Gasteiger partial charge on any atom is 0.127 e. The number of halogens is 1. The van der Waals surface area contributed by atoms with Crippen LogP contribution in [0.5, 0.6) is 0 Å². The lowest BCUT2D eigenvalue weighted by atomic mass is 10.0. The summed E-state index contributed by atoms with van der Waals surface area (Å²) in [7, 11) is 0. The van der Waals surface area contributed by atoms with Gasteiger partial charge < -0.3 is 10.3 Å². The van der Waals surface area contributed by atoms with Crippen LogP contribution in [0.2, 0.25) is 0 Å². The Hall–Kier alpha value is -1.42. The van der Waals surface area contributed by atoms with E-state index < -0.39 is 0 Å². The van der Waals surface area contributed by atoms with Crippen molar-refractivity contribution in [2.45, 2.75) is 46.2 Å². The summed E-state index contributed by atoms with van der Waals surface area (Å²) in [6.07, 6.45) is 0.874. The third-order valence-electron chi connectivity index (χ3n) is 3.25. The molecule has 1 heterocycles. The van der Waals surface area contributed by atoms with Crippen LogP contribution in [0.15, 0.2) is 18.2 Å². The van der Waals surface area contributed by atoms with Crippen molar-refractivity contribution in [3.63, 3.8) is 0 Å². The number of nitrogens with two attached hydrogens (primary N) is 1. The van der Waals surface area contributed by atoms with Gasteiger partial charge in [0.25, 0.3) is 0 Å². The average molecular weight is 263 g/mol. The second-order valence-electron chi connectivity index (χ2n) is 5.80. The van der Waals surface area contributed by atoms with Gasteiger partial charge in [-0.1, -0.05) is 13.8 Å². The zero-order valence-electron chi connectivity index (χ0n) is 12.0. The van der Waals surface area contributed by atoms with Crippen LogP contribution in [-0.2, 0) is 0 Å². The Morgan fingerprint density at radius 1 is 1.26 bits per heavy atom. The quantitative estimate of drug-likeness (QED) is 0.911. The Bertz CT molecular complexity index is 572. The van der Waals surface area contributed by atoms with Crippen molar-refractivity contribution in [3.05, 3.63) is 29.8 Å². The van der Waals surface area contributed by atoms with Crippen LogP contribution in [-0.4, -0.2) is 9.55 Å². The van der Waals surface area contributed by atoms with E-state index in [-0.39, 0.29) is 17.9 Å². The maximum absolute atomic E-state index is 13.4. The number of hydrogen-bond donors (Lipinski definition) is 1. The first-order valence-corrected chi connectivity index (χ1v) is 6.83. The molecule has 0 saturated carbocycles. The van der Waals surface area contributed by atoms with E-state index in [9.17, 15) is 4.39 Å². The third kappa shape index (κ3) is 2.78. The fraction of sp³-hybridized carbons (Fsp3) is 0.533. The van der Waals surface area contributed by atoms with Gasteiger partial charge in [0, 0.05) is 6.04 Å². The van der Waals surface area contributed by atoms with E-state index in [1.54, 1.807) is 6.07 Å². The zero-order chi connectivity index (χ0) is 14.2. The lowest BCUT2D eigenvalue weighted by Gasteiger charge is -2.18. The van der Waals surface area contributed by atoms with E-state index >= 15 is 0 Å². The molecule has 19 heavy (non-hydrogen) atoms. The minimum absolute atomic E-state index is 0.113. The molecule has 0 fully saturated rings. The highest BCUT2D eigenvalue weighted by atomic mass is 19.1. The van der Waals surface area contributed by atoms with Crippen LogP contribution in [0, 0.1) is 11.7 Å². The van der Waals surface area contributed by atoms with Crippen LogP contribution in [0.25, 0.3) is 11.0 Å². The van der Waals surface area contributed by atoms with Crippen LogP contribution in [0.4, 0.5) is 4.39 Å². The SMILES string of the molecule is CC(C)CC(N)c1nc2ccc(F)cc2n1C(C)C. The van der Waals surface area contributed by atoms with Gasteiger partial charge in [0.05, 0.1) is 17.1 Å². The van der Waals surface area contributed by atoms with E-state index in [4.69, 9.17) is 5.73 Å². The molecule has 0 amide bonds. The summed E-state index contributed by atoms with van der Waals surface area (Å²) >= 11 is 0. The van der Waals surface area contributed by atoms with Gasteiger partial charge in [-0.05, 0) is 44.4 Å². The van der Waals surface area contributed by atoms with Gasteiger partial charge in [-0.2, -0.15) is 0 Å². The van der Waals surface area contributed by atoms with Gasteiger partial charge in [-0.25, -0.2) is 9.37 Å². The molecule has 0 spiro atoms. The summed E-state index contributed by atoms with van der Waals surface area (Å²) in [5, 5.41) is 0. The molecule has 4 heteroatoms. The molecule has 1 aromatic heterocycles. The van der Waals surface area contributed by atoms with Crippen molar-refractivity contribution < 1.29 is 4.39 Å². The largest absolute Gasteiger partial charge is 0.324 e. The molecule has 0 aliphatic heterocycles. The third-order valence-corrected chi connectivity index (χ3v) is 3.25. The van der Waals surface area contributed by atoms with E-state index in [1.165, 1.54) is 12.1 Å². The molecule has 2 aromatic rings. The molecule has 0 aliphatic carbocycles. The molecule has 1 unspecified atom stereocenters. The number of imidazole rings is 1. The summed E-state index contributed by atoms with van der Waals surface area (Å²) in [4.78, 5) is 4.60. The molecule has 1 aromatic carbocycles. The fourth-order valence-corrected chi connectivity index (χ4v) is 2.50. The molecule has 0 radical (unpaired) electrons. The number of aromatic nitrogens is 2. The molecular weight excluding hydrogens is 241 g/mol. The van der Waals surface area contributed by atoms with E-state index in [0.717, 1.165) is 23.3 Å². The van der Waals surface area contributed by atoms with Crippen molar-refractivity contribution in [3.8, 4) is 0 Å². The molecule has 2 rings (SSSR count). The second kappa shape index (κ2) is 5.29. The fourth-order valence-electron chi connectivity index (χ4n) is 2.50. The first-order chi connectivity index (χ1) is 8.90. The van der Waals surface area contributed by atoms with Crippen LogP contribution >= 0.6 is 0 Å². The molecule has 104 valence electrons. The predicted octanol–water partition coefficient (Wildman–Crippen LogP) is 3.80. The number of nitrogens with zero attached hydrogens (tertiary/aromatic N) is 2. The smallest absolute Gasteiger partial charge is 0.127 e. The molecule has 2 N–H and O–H groups in total. The highest BCUT2D eigenvalue weighted by Gasteiger charge is 2.19. The highest BCUT2D eigenvalue weighted by Crippen LogP contribution is 2.27. The minimum Gasteiger partial charge on any atom is -0.324 e. The minimum atomic E-state index is -0.238. The van der Waals surface area contributed by atoms with Crippen LogP contribution in [0.3, 0.4) is 0 Å². The van der Waals surface area contributed by atoms with Crippen molar-refractivity contribution in [2.75, 3.05) is 0 Å². The van der Waals surface area contributed by atoms with Gasteiger partial charge in [-0.15, -0.1) is 0 Å². The molecule has 0 bridgehead atoms. The molecule has 0 saturated heterocycles. The topological polar surface area (TPSA) is 43.8 Å². The van der Waals surface area contributed by atoms with Gasteiger partial charge in [0.2, 0.25) is 0 Å². The van der Waals surface area contributed by atoms with Crippen molar-refractivity contribution in [2.24, 2.45) is 11.7 Å². The van der Waals surface area contributed by atoms with Crippen molar-refractivity contribution >= 4 is 11.0 Å². The molecule has 3 nitrogen and oxygen atoms in total. The lowest BCUT2D eigenvalue weighted by Crippen LogP contribution is -2.19. The van der Waals surface area contributed by atoms with Gasteiger partial charge in [0.15, 0.2) is 0 Å². The van der Waals surface area contributed by atoms with Gasteiger partial charge >= 0.3 is 0 Å². The van der Waals surface area contributed by atoms with Crippen molar-refractivity contribution in [1.29, 1.82) is 0 Å². The summed E-state index contributed by atoms with van der Waals surface area (Å²) < 4.78 is 15.5. The number of fused-ring (bicyclic) bond motifs is 1. The zero-order valence-corrected chi connectivity index (χ0v) is 12.0.